The third-order valence-corrected chi connectivity index (χ3v) is 5.22. The van der Waals surface area contributed by atoms with E-state index in [-0.39, 0.29) is 11.9 Å². The highest BCUT2D eigenvalue weighted by Gasteiger charge is 2.21. The first kappa shape index (κ1) is 13.4. The molecule has 1 amide bonds. The second-order valence-corrected chi connectivity index (χ2v) is 6.41. The van der Waals surface area contributed by atoms with Crippen LogP contribution in [-0.4, -0.2) is 21.5 Å². The van der Waals surface area contributed by atoms with E-state index >= 15 is 0 Å². The zero-order valence-corrected chi connectivity index (χ0v) is 12.7. The number of nitrogens with zero attached hydrogens (tertiary/aromatic N) is 2. The summed E-state index contributed by atoms with van der Waals surface area (Å²) >= 11 is 1.61. The molecule has 0 spiro atoms. The van der Waals surface area contributed by atoms with E-state index in [1.54, 1.807) is 11.3 Å². The van der Waals surface area contributed by atoms with Gasteiger partial charge in [0.25, 0.3) is 5.91 Å². The topological polar surface area (TPSA) is 46.9 Å². The molecule has 0 saturated carbocycles. The normalized spacial score (nSPS) is 17.8. The molecule has 1 N–H and O–H groups in total. The van der Waals surface area contributed by atoms with Gasteiger partial charge >= 0.3 is 0 Å². The fraction of sp³-hybridized carbons (Fsp3) is 0.467. The van der Waals surface area contributed by atoms with Crippen LogP contribution in [0.4, 0.5) is 0 Å². The van der Waals surface area contributed by atoms with Gasteiger partial charge < -0.3 is 9.88 Å². The molecule has 0 aromatic carbocycles. The first-order chi connectivity index (χ1) is 9.67. The van der Waals surface area contributed by atoms with E-state index in [4.69, 9.17) is 0 Å². The summed E-state index contributed by atoms with van der Waals surface area (Å²) < 4.78 is 2.13. The summed E-state index contributed by atoms with van der Waals surface area (Å²) in [6.45, 7) is 5.03. The largest absolute Gasteiger partial charge is 0.347 e. The van der Waals surface area contributed by atoms with E-state index in [0.29, 0.717) is 0 Å². The van der Waals surface area contributed by atoms with Gasteiger partial charge in [-0.15, -0.1) is 11.3 Å². The molecule has 0 bridgehead atoms. The molecular formula is C15H19N3OS. The van der Waals surface area contributed by atoms with Crippen LogP contribution in [0.1, 0.15) is 39.3 Å². The Kier molecular flexibility index (Phi) is 3.61. The molecule has 1 aliphatic rings. The summed E-state index contributed by atoms with van der Waals surface area (Å²) in [5.41, 5.74) is 1.23. The Morgan fingerprint density at radius 3 is 3.20 bits per heavy atom. The number of amides is 1. The van der Waals surface area contributed by atoms with Crippen LogP contribution in [0.3, 0.4) is 0 Å². The molecular weight excluding hydrogens is 270 g/mol. The summed E-state index contributed by atoms with van der Waals surface area (Å²) in [5, 5.41) is 3.15. The molecule has 0 unspecified atom stereocenters. The van der Waals surface area contributed by atoms with Crippen molar-refractivity contribution >= 4 is 17.2 Å². The molecule has 1 aliphatic heterocycles. The van der Waals surface area contributed by atoms with Crippen molar-refractivity contribution in [3.05, 3.63) is 39.6 Å². The number of hydrogen-bond acceptors (Lipinski definition) is 3. The molecule has 0 saturated heterocycles. The van der Waals surface area contributed by atoms with Crippen molar-refractivity contribution in [2.45, 2.75) is 45.7 Å². The van der Waals surface area contributed by atoms with Gasteiger partial charge in [-0.3, -0.25) is 4.79 Å². The molecule has 3 rings (SSSR count). The van der Waals surface area contributed by atoms with Crippen LogP contribution >= 0.6 is 11.3 Å². The molecule has 2 aromatic rings. The zero-order valence-electron chi connectivity index (χ0n) is 11.8. The first-order valence-electron chi connectivity index (χ1n) is 7.07. The van der Waals surface area contributed by atoms with Gasteiger partial charge in [-0.1, -0.05) is 6.92 Å². The van der Waals surface area contributed by atoms with Crippen molar-refractivity contribution < 1.29 is 4.79 Å². The molecule has 5 heteroatoms. The number of imidazole rings is 1. The highest BCUT2D eigenvalue weighted by atomic mass is 32.1. The molecule has 4 nitrogen and oxygen atoms in total. The molecule has 20 heavy (non-hydrogen) atoms. The van der Waals surface area contributed by atoms with Crippen LogP contribution in [0.15, 0.2) is 18.5 Å². The van der Waals surface area contributed by atoms with Crippen LogP contribution < -0.4 is 5.32 Å². The van der Waals surface area contributed by atoms with Gasteiger partial charge in [0.2, 0.25) is 0 Å². The molecule has 106 valence electrons. The van der Waals surface area contributed by atoms with Gasteiger partial charge in [0, 0.05) is 36.3 Å². The SMILES string of the molecule is CCc1sc(C(=O)N[C@H]2CCc3nccn3C2)cc1C. The monoisotopic (exact) mass is 289 g/mol. The number of aryl methyl sites for hydroxylation is 3. The summed E-state index contributed by atoms with van der Waals surface area (Å²) in [6, 6.07) is 2.21. The third-order valence-electron chi connectivity index (χ3n) is 3.84. The third kappa shape index (κ3) is 2.50. The van der Waals surface area contributed by atoms with E-state index in [1.807, 2.05) is 18.5 Å². The van der Waals surface area contributed by atoms with Crippen molar-refractivity contribution in [1.82, 2.24) is 14.9 Å². The van der Waals surface area contributed by atoms with Crippen LogP contribution in [0, 0.1) is 6.92 Å². The number of nitrogens with one attached hydrogen (secondary N) is 1. The number of fused-ring (bicyclic) bond motifs is 1. The van der Waals surface area contributed by atoms with Gasteiger partial charge in [-0.25, -0.2) is 4.98 Å². The van der Waals surface area contributed by atoms with Crippen LogP contribution in [-0.2, 0) is 19.4 Å². The van der Waals surface area contributed by atoms with Gasteiger partial charge in [-0.2, -0.15) is 0 Å². The van der Waals surface area contributed by atoms with Crippen molar-refractivity contribution in [2.75, 3.05) is 0 Å². The summed E-state index contributed by atoms with van der Waals surface area (Å²) in [7, 11) is 0. The standard InChI is InChI=1S/C15H19N3OS/c1-3-12-10(2)8-13(20-12)15(19)17-11-4-5-14-16-6-7-18(14)9-11/h6-8,11H,3-5,9H2,1-2H3,(H,17,19)/t11-/m0/s1. The Hall–Kier alpha value is -1.62. The summed E-state index contributed by atoms with van der Waals surface area (Å²) in [6.07, 6.45) is 6.70. The number of hydrogen-bond donors (Lipinski definition) is 1. The van der Waals surface area contributed by atoms with E-state index in [0.717, 1.165) is 36.5 Å². The minimum absolute atomic E-state index is 0.0614. The Bertz CT molecular complexity index is 629. The molecule has 0 radical (unpaired) electrons. The van der Waals surface area contributed by atoms with Crippen molar-refractivity contribution in [2.24, 2.45) is 0 Å². The number of aromatic nitrogens is 2. The number of carbonyl (C=O) groups is 1. The summed E-state index contributed by atoms with van der Waals surface area (Å²) in [5.74, 6) is 1.18. The second kappa shape index (κ2) is 5.40. The van der Waals surface area contributed by atoms with Gasteiger partial charge in [0.15, 0.2) is 0 Å². The lowest BCUT2D eigenvalue weighted by atomic mass is 10.1. The van der Waals surface area contributed by atoms with Gasteiger partial charge in [0.05, 0.1) is 4.88 Å². The maximum Gasteiger partial charge on any atom is 0.261 e. The highest BCUT2D eigenvalue weighted by molar-refractivity contribution is 7.14. The van der Waals surface area contributed by atoms with Crippen molar-refractivity contribution in [3.8, 4) is 0 Å². The maximum absolute atomic E-state index is 12.3. The minimum Gasteiger partial charge on any atom is -0.347 e. The van der Waals surface area contributed by atoms with E-state index < -0.39 is 0 Å². The van der Waals surface area contributed by atoms with Gasteiger partial charge in [-0.05, 0) is 31.4 Å². The molecule has 0 fully saturated rings. The highest BCUT2D eigenvalue weighted by Crippen LogP contribution is 2.23. The smallest absolute Gasteiger partial charge is 0.261 e. The predicted molar refractivity (Wildman–Crippen MR) is 80.2 cm³/mol. The fourth-order valence-corrected chi connectivity index (χ4v) is 3.74. The number of rotatable bonds is 3. The van der Waals surface area contributed by atoms with Crippen LogP contribution in [0.25, 0.3) is 0 Å². The van der Waals surface area contributed by atoms with E-state index in [1.165, 1.54) is 10.4 Å². The minimum atomic E-state index is 0.0614. The molecule has 2 aromatic heterocycles. The average molecular weight is 289 g/mol. The van der Waals surface area contributed by atoms with Crippen molar-refractivity contribution in [1.29, 1.82) is 0 Å². The van der Waals surface area contributed by atoms with E-state index in [2.05, 4.69) is 28.7 Å². The Morgan fingerprint density at radius 1 is 1.60 bits per heavy atom. The lowest BCUT2D eigenvalue weighted by Crippen LogP contribution is -2.40. The summed E-state index contributed by atoms with van der Waals surface area (Å²) in [4.78, 5) is 18.8. The Morgan fingerprint density at radius 2 is 2.45 bits per heavy atom. The molecule has 1 atom stereocenters. The number of thiophene rings is 1. The van der Waals surface area contributed by atoms with Crippen LogP contribution in [0.5, 0.6) is 0 Å². The Balaban J connectivity index is 1.67. The lowest BCUT2D eigenvalue weighted by molar-refractivity contribution is 0.0931. The van der Waals surface area contributed by atoms with Crippen LogP contribution in [0.2, 0.25) is 0 Å². The average Bonchev–Trinajstić information content (AvgIpc) is 3.04. The fourth-order valence-electron chi connectivity index (χ4n) is 2.72. The maximum atomic E-state index is 12.3. The van der Waals surface area contributed by atoms with E-state index in [9.17, 15) is 4.79 Å². The quantitative estimate of drug-likeness (QED) is 0.944. The first-order valence-corrected chi connectivity index (χ1v) is 7.89. The second-order valence-electron chi connectivity index (χ2n) is 5.28. The Labute approximate surface area is 122 Å². The molecule has 3 heterocycles. The van der Waals surface area contributed by atoms with Gasteiger partial charge in [0.1, 0.15) is 5.82 Å². The lowest BCUT2D eigenvalue weighted by Gasteiger charge is -2.24. The zero-order chi connectivity index (χ0) is 14.1. The molecule has 0 aliphatic carbocycles. The number of carbonyl (C=O) groups excluding carboxylic acids is 1. The van der Waals surface area contributed by atoms with Crippen molar-refractivity contribution in [3.63, 3.8) is 0 Å². The predicted octanol–water partition coefficient (Wildman–Crippen LogP) is 2.56.